The second kappa shape index (κ2) is 7.09. The number of hydrogen-bond acceptors (Lipinski definition) is 3. The van der Waals surface area contributed by atoms with Crippen molar-refractivity contribution >= 4 is 5.91 Å². The minimum atomic E-state index is -0.353. The lowest BCUT2D eigenvalue weighted by Gasteiger charge is -2.21. The highest BCUT2D eigenvalue weighted by atomic mass is 16.5. The van der Waals surface area contributed by atoms with Gasteiger partial charge in [0.05, 0.1) is 12.7 Å². The maximum Gasteiger partial charge on any atom is 0.256 e. The molecule has 1 aromatic heterocycles. The van der Waals surface area contributed by atoms with Crippen molar-refractivity contribution in [2.75, 3.05) is 13.2 Å². The van der Waals surface area contributed by atoms with Gasteiger partial charge in [0.25, 0.3) is 5.91 Å². The van der Waals surface area contributed by atoms with Crippen LogP contribution in [0.1, 0.15) is 42.5 Å². The Kier molecular flexibility index (Phi) is 5.15. The van der Waals surface area contributed by atoms with Crippen molar-refractivity contribution in [2.24, 2.45) is 0 Å². The molecule has 5 heteroatoms. The number of amides is 1. The average Bonchev–Trinajstić information content (AvgIpc) is 2.45. The number of ether oxygens (including phenoxy) is 1. The van der Waals surface area contributed by atoms with Gasteiger partial charge < -0.3 is 15.0 Å². The summed E-state index contributed by atoms with van der Waals surface area (Å²) in [5, 5.41) is 2.70. The van der Waals surface area contributed by atoms with Gasteiger partial charge in [0.2, 0.25) is 0 Å². The van der Waals surface area contributed by atoms with E-state index in [1.165, 1.54) is 37.7 Å². The molecule has 1 aliphatic carbocycles. The van der Waals surface area contributed by atoms with Gasteiger partial charge in [0.15, 0.2) is 5.43 Å². The van der Waals surface area contributed by atoms with E-state index in [0.717, 1.165) is 12.8 Å². The second-order valence-corrected chi connectivity index (χ2v) is 4.81. The number of aromatic nitrogens is 1. The number of hydrogen-bond donors (Lipinski definition) is 2. The summed E-state index contributed by atoms with van der Waals surface area (Å²) in [6.07, 6.45) is 9.26. The normalized spacial score (nSPS) is 16.2. The minimum absolute atomic E-state index is 0.139. The first-order valence-electron chi connectivity index (χ1n) is 6.84. The molecule has 19 heavy (non-hydrogen) atoms. The lowest BCUT2D eigenvalue weighted by molar-refractivity contribution is 0.0299. The van der Waals surface area contributed by atoms with Crippen LogP contribution in [0.25, 0.3) is 0 Å². The van der Waals surface area contributed by atoms with Crippen LogP contribution in [0, 0.1) is 0 Å². The summed E-state index contributed by atoms with van der Waals surface area (Å²) in [5.74, 6) is -0.353. The summed E-state index contributed by atoms with van der Waals surface area (Å²) in [7, 11) is 0. The minimum Gasteiger partial charge on any atom is -0.376 e. The molecule has 2 N–H and O–H groups in total. The van der Waals surface area contributed by atoms with Crippen LogP contribution in [-0.2, 0) is 4.74 Å². The van der Waals surface area contributed by atoms with E-state index in [2.05, 4.69) is 10.3 Å². The van der Waals surface area contributed by atoms with Gasteiger partial charge in [0, 0.05) is 25.0 Å². The standard InChI is InChI=1S/C14H20N2O3/c17-13-6-7-15-10-12(13)14(18)16-8-9-19-11-4-2-1-3-5-11/h6-7,10-11H,1-5,8-9H2,(H,15,17)(H,16,18). The van der Waals surface area contributed by atoms with Crippen molar-refractivity contribution < 1.29 is 9.53 Å². The van der Waals surface area contributed by atoms with Gasteiger partial charge in [-0.2, -0.15) is 0 Å². The molecular formula is C14H20N2O3. The van der Waals surface area contributed by atoms with E-state index in [1.54, 1.807) is 0 Å². The fourth-order valence-corrected chi connectivity index (χ4v) is 2.31. The maximum absolute atomic E-state index is 11.7. The number of H-pyrrole nitrogens is 1. The third-order valence-electron chi connectivity index (χ3n) is 3.36. The largest absolute Gasteiger partial charge is 0.376 e. The van der Waals surface area contributed by atoms with Crippen LogP contribution >= 0.6 is 0 Å². The van der Waals surface area contributed by atoms with E-state index in [-0.39, 0.29) is 16.9 Å². The van der Waals surface area contributed by atoms with E-state index < -0.39 is 0 Å². The van der Waals surface area contributed by atoms with Crippen molar-refractivity contribution in [2.45, 2.75) is 38.2 Å². The second-order valence-electron chi connectivity index (χ2n) is 4.81. The zero-order chi connectivity index (χ0) is 13.5. The molecule has 5 nitrogen and oxygen atoms in total. The van der Waals surface area contributed by atoms with Gasteiger partial charge in [-0.1, -0.05) is 19.3 Å². The fraction of sp³-hybridized carbons (Fsp3) is 0.571. The molecule has 1 aromatic rings. The maximum atomic E-state index is 11.7. The van der Waals surface area contributed by atoms with Gasteiger partial charge in [-0.3, -0.25) is 9.59 Å². The molecule has 0 bridgehead atoms. The summed E-state index contributed by atoms with van der Waals surface area (Å²) in [6.45, 7) is 0.935. The monoisotopic (exact) mass is 264 g/mol. The average molecular weight is 264 g/mol. The topological polar surface area (TPSA) is 71.2 Å². The van der Waals surface area contributed by atoms with Gasteiger partial charge in [-0.05, 0) is 12.8 Å². The summed E-state index contributed by atoms with van der Waals surface area (Å²) in [5.41, 5.74) is -0.135. The number of aromatic amines is 1. The van der Waals surface area contributed by atoms with E-state index in [9.17, 15) is 9.59 Å². The molecule has 0 atom stereocenters. The summed E-state index contributed by atoms with van der Waals surface area (Å²) < 4.78 is 5.70. The molecule has 1 fully saturated rings. The van der Waals surface area contributed by atoms with Gasteiger partial charge >= 0.3 is 0 Å². The molecule has 1 aliphatic rings. The third-order valence-corrected chi connectivity index (χ3v) is 3.36. The van der Waals surface area contributed by atoms with Crippen molar-refractivity contribution in [3.05, 3.63) is 34.2 Å². The van der Waals surface area contributed by atoms with E-state index in [1.807, 2.05) is 0 Å². The molecule has 0 aliphatic heterocycles. The number of nitrogens with one attached hydrogen (secondary N) is 2. The molecular weight excluding hydrogens is 244 g/mol. The van der Waals surface area contributed by atoms with E-state index in [4.69, 9.17) is 4.74 Å². The molecule has 0 unspecified atom stereocenters. The molecule has 1 saturated carbocycles. The smallest absolute Gasteiger partial charge is 0.256 e. The highest BCUT2D eigenvalue weighted by Gasteiger charge is 2.13. The SMILES string of the molecule is O=C(NCCOC1CCCCC1)c1c[nH]ccc1=O. The Hall–Kier alpha value is -1.62. The molecule has 1 amide bonds. The number of pyridine rings is 1. The molecule has 0 saturated heterocycles. The van der Waals surface area contributed by atoms with Crippen molar-refractivity contribution in [1.29, 1.82) is 0 Å². The Morgan fingerprint density at radius 3 is 2.89 bits per heavy atom. The highest BCUT2D eigenvalue weighted by Crippen LogP contribution is 2.19. The van der Waals surface area contributed by atoms with Crippen LogP contribution in [0.3, 0.4) is 0 Å². The fourth-order valence-electron chi connectivity index (χ4n) is 2.31. The zero-order valence-corrected chi connectivity index (χ0v) is 11.0. The Morgan fingerprint density at radius 2 is 2.16 bits per heavy atom. The quantitative estimate of drug-likeness (QED) is 0.791. The van der Waals surface area contributed by atoms with Crippen LogP contribution in [0.15, 0.2) is 23.3 Å². The lowest BCUT2D eigenvalue weighted by atomic mass is 9.98. The predicted molar refractivity (Wildman–Crippen MR) is 72.2 cm³/mol. The first kappa shape index (κ1) is 13.8. The Bertz CT molecular complexity index is 464. The number of carbonyl (C=O) groups is 1. The number of rotatable bonds is 5. The Labute approximate surface area is 112 Å². The van der Waals surface area contributed by atoms with Gasteiger partial charge in [-0.25, -0.2) is 0 Å². The van der Waals surface area contributed by atoms with Crippen LogP contribution in [0.4, 0.5) is 0 Å². The van der Waals surface area contributed by atoms with Crippen LogP contribution in [0.2, 0.25) is 0 Å². The first-order valence-corrected chi connectivity index (χ1v) is 6.84. The Morgan fingerprint density at radius 1 is 1.37 bits per heavy atom. The van der Waals surface area contributed by atoms with Crippen LogP contribution < -0.4 is 10.7 Å². The summed E-state index contributed by atoms with van der Waals surface area (Å²) in [6, 6.07) is 1.34. The third kappa shape index (κ3) is 4.21. The summed E-state index contributed by atoms with van der Waals surface area (Å²) >= 11 is 0. The van der Waals surface area contributed by atoms with Crippen molar-refractivity contribution in [1.82, 2.24) is 10.3 Å². The van der Waals surface area contributed by atoms with E-state index in [0.29, 0.717) is 19.3 Å². The van der Waals surface area contributed by atoms with Crippen LogP contribution in [0.5, 0.6) is 0 Å². The lowest BCUT2D eigenvalue weighted by Crippen LogP contribution is -2.32. The molecule has 2 rings (SSSR count). The first-order chi connectivity index (χ1) is 9.27. The molecule has 0 aromatic carbocycles. The molecule has 104 valence electrons. The zero-order valence-electron chi connectivity index (χ0n) is 11.0. The summed E-state index contributed by atoms with van der Waals surface area (Å²) in [4.78, 5) is 25.9. The van der Waals surface area contributed by atoms with Gasteiger partial charge in [-0.15, -0.1) is 0 Å². The molecule has 0 radical (unpaired) electrons. The predicted octanol–water partition coefficient (Wildman–Crippen LogP) is 1.45. The van der Waals surface area contributed by atoms with Crippen molar-refractivity contribution in [3.63, 3.8) is 0 Å². The van der Waals surface area contributed by atoms with E-state index >= 15 is 0 Å². The Balaban J connectivity index is 1.69. The van der Waals surface area contributed by atoms with Crippen molar-refractivity contribution in [3.8, 4) is 0 Å². The highest BCUT2D eigenvalue weighted by molar-refractivity contribution is 5.93. The molecule has 1 heterocycles. The number of carbonyl (C=O) groups excluding carboxylic acids is 1. The van der Waals surface area contributed by atoms with Crippen LogP contribution in [-0.4, -0.2) is 30.1 Å². The molecule has 0 spiro atoms. The van der Waals surface area contributed by atoms with Gasteiger partial charge in [0.1, 0.15) is 5.56 Å².